The molecule has 3 aromatic rings. The lowest BCUT2D eigenvalue weighted by atomic mass is 9.92. The second kappa shape index (κ2) is 9.06. The molecule has 0 bridgehead atoms. The van der Waals surface area contributed by atoms with E-state index >= 15 is 0 Å². The molecule has 3 aliphatic rings. The number of aryl methyl sites for hydroxylation is 1. The summed E-state index contributed by atoms with van der Waals surface area (Å²) in [5.74, 6) is 1.16. The Hall–Kier alpha value is -4.04. The molecule has 6 rings (SSSR count). The van der Waals surface area contributed by atoms with Gasteiger partial charge in [0, 0.05) is 11.1 Å². The number of benzene rings is 3. The maximum Gasteiger partial charge on any atom is 0.331 e. The van der Waals surface area contributed by atoms with Crippen LogP contribution < -0.4 is 19.7 Å². The van der Waals surface area contributed by atoms with E-state index in [9.17, 15) is 9.59 Å². The fourth-order valence-corrected chi connectivity index (χ4v) is 5.59. The van der Waals surface area contributed by atoms with Crippen LogP contribution >= 0.6 is 11.6 Å². The van der Waals surface area contributed by atoms with Crippen molar-refractivity contribution in [3.05, 3.63) is 81.9 Å². The van der Waals surface area contributed by atoms with Crippen LogP contribution in [0, 0.1) is 6.92 Å². The number of nitrogens with one attached hydrogen (secondary N) is 1. The van der Waals surface area contributed by atoms with Crippen LogP contribution in [0.4, 0.5) is 16.2 Å². The summed E-state index contributed by atoms with van der Waals surface area (Å²) in [7, 11) is 1.52. The van der Waals surface area contributed by atoms with Crippen molar-refractivity contribution in [2.24, 2.45) is 4.99 Å². The summed E-state index contributed by atoms with van der Waals surface area (Å²) in [6.45, 7) is 5.77. The van der Waals surface area contributed by atoms with E-state index in [0.29, 0.717) is 39.3 Å². The van der Waals surface area contributed by atoms with Gasteiger partial charge in [0.15, 0.2) is 0 Å². The van der Waals surface area contributed by atoms with Crippen LogP contribution in [-0.2, 0) is 4.79 Å². The molecular weight excluding hydrogens is 504 g/mol. The van der Waals surface area contributed by atoms with Crippen molar-refractivity contribution in [3.63, 3.8) is 0 Å². The number of rotatable bonds is 5. The largest absolute Gasteiger partial charge is 0.494 e. The van der Waals surface area contributed by atoms with Gasteiger partial charge in [0.05, 0.1) is 30.5 Å². The van der Waals surface area contributed by atoms with Gasteiger partial charge in [0.2, 0.25) is 5.91 Å². The van der Waals surface area contributed by atoms with Crippen molar-refractivity contribution in [3.8, 4) is 11.5 Å². The number of anilines is 2. The minimum Gasteiger partial charge on any atom is -0.494 e. The first-order chi connectivity index (χ1) is 18.3. The van der Waals surface area contributed by atoms with Gasteiger partial charge in [-0.15, -0.1) is 0 Å². The molecule has 0 radical (unpaired) electrons. The topological polar surface area (TPSA) is 83.5 Å². The third-order valence-corrected chi connectivity index (χ3v) is 7.22. The number of fused-ring (bicyclic) bond motifs is 2. The van der Waals surface area contributed by atoms with E-state index in [4.69, 9.17) is 26.1 Å². The van der Waals surface area contributed by atoms with Crippen LogP contribution in [0.25, 0.3) is 0 Å². The van der Waals surface area contributed by atoms with Gasteiger partial charge in [0.25, 0.3) is 0 Å². The van der Waals surface area contributed by atoms with E-state index in [1.807, 2.05) is 63.2 Å². The lowest BCUT2D eigenvalue weighted by molar-refractivity contribution is -0.115. The number of amides is 3. The molecule has 2 atom stereocenters. The van der Waals surface area contributed by atoms with Crippen molar-refractivity contribution in [1.29, 1.82) is 0 Å². The number of ether oxygens (including phenoxy) is 2. The number of aliphatic imine (C=N–C) groups is 1. The highest BCUT2D eigenvalue weighted by Crippen LogP contribution is 2.54. The average Bonchev–Trinajstić information content (AvgIpc) is 3.28. The molecular formula is C29H27ClN4O4. The van der Waals surface area contributed by atoms with Gasteiger partial charge in [-0.05, 0) is 44.0 Å². The zero-order valence-corrected chi connectivity index (χ0v) is 22.2. The lowest BCUT2D eigenvalue weighted by Crippen LogP contribution is -2.55. The van der Waals surface area contributed by atoms with Gasteiger partial charge < -0.3 is 14.8 Å². The van der Waals surface area contributed by atoms with Crippen LogP contribution in [0.15, 0.2) is 59.6 Å². The second-order valence-electron chi connectivity index (χ2n) is 9.94. The highest BCUT2D eigenvalue weighted by molar-refractivity contribution is 6.30. The Morgan fingerprint density at radius 3 is 2.50 bits per heavy atom. The summed E-state index contributed by atoms with van der Waals surface area (Å²) in [5, 5.41) is 3.52. The third-order valence-electron chi connectivity index (χ3n) is 6.97. The van der Waals surface area contributed by atoms with Crippen LogP contribution in [0.2, 0.25) is 5.02 Å². The number of nitrogens with zero attached hydrogens (tertiary/aromatic N) is 3. The number of carbonyl (C=O) groups is 2. The second-order valence-corrected chi connectivity index (χ2v) is 10.4. The van der Waals surface area contributed by atoms with E-state index in [0.717, 1.165) is 16.7 Å². The Bertz CT molecular complexity index is 1500. The molecule has 194 valence electrons. The number of carbonyl (C=O) groups excluding carboxylic acids is 2. The molecule has 1 N–H and O–H groups in total. The maximum absolute atomic E-state index is 14.3. The smallest absolute Gasteiger partial charge is 0.331 e. The zero-order chi connectivity index (χ0) is 26.7. The molecule has 3 aromatic carbocycles. The number of halogens is 1. The highest BCUT2D eigenvalue weighted by Gasteiger charge is 2.51. The first-order valence-electron chi connectivity index (χ1n) is 12.5. The number of urea groups is 1. The number of hydrogen-bond acceptors (Lipinski definition) is 5. The summed E-state index contributed by atoms with van der Waals surface area (Å²) >= 11 is 6.20. The van der Waals surface area contributed by atoms with E-state index in [1.165, 1.54) is 12.0 Å². The van der Waals surface area contributed by atoms with Crippen LogP contribution in [-0.4, -0.2) is 42.4 Å². The quantitative estimate of drug-likeness (QED) is 0.446. The average molecular weight is 531 g/mol. The Kier molecular flexibility index (Phi) is 5.79. The molecule has 0 saturated carbocycles. The SMILES string of the molecule is COc1cc(OC(C)C)c2c3c1NC(=O)CN3C(=O)N1C2=NC(c2ccc(Cl)cc2)C1c1cccc(C)c1. The van der Waals surface area contributed by atoms with Gasteiger partial charge in [-0.1, -0.05) is 53.6 Å². The molecule has 0 fully saturated rings. The number of methoxy groups -OCH3 is 1. The Balaban J connectivity index is 1.63. The molecule has 3 heterocycles. The monoisotopic (exact) mass is 530 g/mol. The summed E-state index contributed by atoms with van der Waals surface area (Å²) in [4.78, 5) is 35.4. The minimum absolute atomic E-state index is 0.122. The van der Waals surface area contributed by atoms with Gasteiger partial charge in [-0.25, -0.2) is 4.79 Å². The predicted octanol–water partition coefficient (Wildman–Crippen LogP) is 5.88. The maximum atomic E-state index is 14.3. The van der Waals surface area contributed by atoms with Gasteiger partial charge >= 0.3 is 6.03 Å². The van der Waals surface area contributed by atoms with E-state index < -0.39 is 12.1 Å². The number of amidine groups is 1. The minimum atomic E-state index is -0.436. The Morgan fingerprint density at radius 1 is 1.05 bits per heavy atom. The Labute approximate surface area is 225 Å². The molecule has 3 amide bonds. The van der Waals surface area contributed by atoms with Crippen molar-refractivity contribution < 1.29 is 19.1 Å². The van der Waals surface area contributed by atoms with Crippen molar-refractivity contribution in [2.45, 2.75) is 39.0 Å². The summed E-state index contributed by atoms with van der Waals surface area (Å²) in [6.07, 6.45) is -0.145. The fourth-order valence-electron chi connectivity index (χ4n) is 5.47. The molecule has 0 aliphatic carbocycles. The predicted molar refractivity (Wildman–Crippen MR) is 147 cm³/mol. The van der Waals surface area contributed by atoms with E-state index in [1.54, 1.807) is 11.0 Å². The normalized spacial score (nSPS) is 19.7. The molecule has 2 unspecified atom stereocenters. The lowest BCUT2D eigenvalue weighted by Gasteiger charge is -2.42. The summed E-state index contributed by atoms with van der Waals surface area (Å²) in [5.41, 5.74) is 4.58. The molecule has 3 aliphatic heterocycles. The van der Waals surface area contributed by atoms with E-state index in [-0.39, 0.29) is 24.6 Å². The van der Waals surface area contributed by atoms with E-state index in [2.05, 4.69) is 11.4 Å². The molecule has 0 spiro atoms. The van der Waals surface area contributed by atoms with Crippen molar-refractivity contribution in [1.82, 2.24) is 4.90 Å². The molecule has 0 saturated heterocycles. The Morgan fingerprint density at radius 2 is 1.82 bits per heavy atom. The van der Waals surface area contributed by atoms with Crippen LogP contribution in [0.5, 0.6) is 11.5 Å². The first kappa shape index (κ1) is 24.3. The highest BCUT2D eigenvalue weighted by atomic mass is 35.5. The summed E-state index contributed by atoms with van der Waals surface area (Å²) < 4.78 is 11.9. The molecule has 8 nitrogen and oxygen atoms in total. The number of hydrogen-bond donors (Lipinski definition) is 1. The van der Waals surface area contributed by atoms with Crippen molar-refractivity contribution >= 4 is 40.7 Å². The van der Waals surface area contributed by atoms with Crippen LogP contribution in [0.3, 0.4) is 0 Å². The molecule has 0 aromatic heterocycles. The standard InChI is InChI=1S/C29H27ClN4O4/c1-15(2)38-20-13-21(37-4)25-27-23(20)28-32-24(17-8-10-19(30)11-9-17)26(18-7-5-6-16(3)12-18)34(28)29(36)33(27)14-22(35)31-25/h5-13,15,24,26H,14H2,1-4H3,(H,31,35). The van der Waals surface area contributed by atoms with Gasteiger partial charge in [0.1, 0.15) is 35.6 Å². The molecule has 38 heavy (non-hydrogen) atoms. The molecule has 9 heteroatoms. The zero-order valence-electron chi connectivity index (χ0n) is 21.5. The van der Waals surface area contributed by atoms with Crippen LogP contribution in [0.1, 0.15) is 48.2 Å². The van der Waals surface area contributed by atoms with Crippen molar-refractivity contribution in [2.75, 3.05) is 23.9 Å². The fraction of sp³-hybridized carbons (Fsp3) is 0.276. The first-order valence-corrected chi connectivity index (χ1v) is 12.9. The van der Waals surface area contributed by atoms with Gasteiger partial charge in [-0.2, -0.15) is 0 Å². The summed E-state index contributed by atoms with van der Waals surface area (Å²) in [6, 6.07) is 16.2. The van der Waals surface area contributed by atoms with Gasteiger partial charge in [-0.3, -0.25) is 19.6 Å². The third kappa shape index (κ3) is 3.79.